The van der Waals surface area contributed by atoms with Crippen molar-refractivity contribution in [3.63, 3.8) is 0 Å². The lowest BCUT2D eigenvalue weighted by atomic mass is 10.2. The third kappa shape index (κ3) is 2.84. The van der Waals surface area contributed by atoms with Gasteiger partial charge >= 0.3 is 0 Å². The van der Waals surface area contributed by atoms with Crippen LogP contribution in [-0.2, 0) is 0 Å². The number of amidine groups is 1. The minimum Gasteiger partial charge on any atom is -0.387 e. The van der Waals surface area contributed by atoms with Crippen LogP contribution in [0.1, 0.15) is 37.6 Å². The van der Waals surface area contributed by atoms with E-state index in [1.807, 2.05) is 6.92 Å². The third-order valence-electron chi connectivity index (χ3n) is 1.94. The smallest absolute Gasteiger partial charge is 0.0942 e. The van der Waals surface area contributed by atoms with Gasteiger partial charge in [0, 0.05) is 11.3 Å². The summed E-state index contributed by atoms with van der Waals surface area (Å²) in [5.41, 5.74) is 5.71. The van der Waals surface area contributed by atoms with Crippen molar-refractivity contribution in [2.24, 2.45) is 10.7 Å². The van der Waals surface area contributed by atoms with Crippen LogP contribution in [0.15, 0.2) is 22.5 Å². The Hall–Kier alpha value is -0.830. The highest BCUT2D eigenvalue weighted by Gasteiger charge is 2.08. The zero-order valence-corrected chi connectivity index (χ0v) is 8.97. The first-order chi connectivity index (χ1) is 6.27. The highest BCUT2D eigenvalue weighted by Crippen LogP contribution is 2.25. The van der Waals surface area contributed by atoms with Crippen LogP contribution in [0.3, 0.4) is 0 Å². The van der Waals surface area contributed by atoms with Gasteiger partial charge in [-0.25, -0.2) is 0 Å². The molecule has 2 nitrogen and oxygen atoms in total. The summed E-state index contributed by atoms with van der Waals surface area (Å²) in [7, 11) is 0. The Morgan fingerprint density at radius 2 is 2.38 bits per heavy atom. The van der Waals surface area contributed by atoms with Crippen molar-refractivity contribution >= 4 is 17.2 Å². The highest BCUT2D eigenvalue weighted by molar-refractivity contribution is 7.10. The van der Waals surface area contributed by atoms with Gasteiger partial charge in [-0.2, -0.15) is 0 Å². The summed E-state index contributed by atoms with van der Waals surface area (Å²) in [5.74, 6) is 0.750. The minimum atomic E-state index is 0.264. The summed E-state index contributed by atoms with van der Waals surface area (Å²) in [4.78, 5) is 5.77. The molecule has 0 aliphatic heterocycles. The van der Waals surface area contributed by atoms with Gasteiger partial charge in [-0.1, -0.05) is 19.9 Å². The molecule has 2 N–H and O–H groups in total. The first kappa shape index (κ1) is 10.3. The number of thiophene rings is 1. The first-order valence-corrected chi connectivity index (χ1v) is 5.51. The second-order valence-electron chi connectivity index (χ2n) is 2.91. The fraction of sp³-hybridized carbons (Fsp3) is 0.500. The van der Waals surface area contributed by atoms with E-state index in [0.717, 1.165) is 18.7 Å². The van der Waals surface area contributed by atoms with Gasteiger partial charge in [0.1, 0.15) is 0 Å². The standard InChI is InChI=1S/C10H16N2S/c1-3-8(12-10(11)4-2)9-6-5-7-13-9/h5-8H,3-4H2,1-2H3,(H2,11,12). The van der Waals surface area contributed by atoms with Crippen molar-refractivity contribution < 1.29 is 0 Å². The number of nitrogens with two attached hydrogens (primary N) is 1. The zero-order valence-electron chi connectivity index (χ0n) is 8.16. The Morgan fingerprint density at radius 3 is 2.85 bits per heavy atom. The predicted octanol–water partition coefficient (Wildman–Crippen LogP) is 2.97. The minimum absolute atomic E-state index is 0.264. The van der Waals surface area contributed by atoms with Crippen molar-refractivity contribution in [1.82, 2.24) is 0 Å². The van der Waals surface area contributed by atoms with Gasteiger partial charge in [-0.15, -0.1) is 11.3 Å². The second-order valence-corrected chi connectivity index (χ2v) is 3.89. The Labute approximate surface area is 83.5 Å². The molecule has 1 aromatic heterocycles. The van der Waals surface area contributed by atoms with Gasteiger partial charge in [-0.3, -0.25) is 4.99 Å². The summed E-state index contributed by atoms with van der Waals surface area (Å²) in [6.45, 7) is 4.16. The molecule has 3 heteroatoms. The molecule has 0 saturated carbocycles. The van der Waals surface area contributed by atoms with E-state index in [1.165, 1.54) is 4.88 Å². The summed E-state index contributed by atoms with van der Waals surface area (Å²) >= 11 is 1.75. The average molecular weight is 196 g/mol. The summed E-state index contributed by atoms with van der Waals surface area (Å²) < 4.78 is 0. The zero-order chi connectivity index (χ0) is 9.68. The van der Waals surface area contributed by atoms with Crippen molar-refractivity contribution in [1.29, 1.82) is 0 Å². The van der Waals surface area contributed by atoms with Crippen LogP contribution < -0.4 is 5.73 Å². The molecule has 0 amide bonds. The molecule has 0 aliphatic rings. The van der Waals surface area contributed by atoms with Gasteiger partial charge in [0.2, 0.25) is 0 Å². The quantitative estimate of drug-likeness (QED) is 0.583. The maximum atomic E-state index is 5.71. The van der Waals surface area contributed by atoms with Gasteiger partial charge in [0.15, 0.2) is 0 Å². The highest BCUT2D eigenvalue weighted by atomic mass is 32.1. The van der Waals surface area contributed by atoms with E-state index >= 15 is 0 Å². The molecule has 0 spiro atoms. The number of hydrogen-bond donors (Lipinski definition) is 1. The molecule has 0 saturated heterocycles. The molecule has 1 aromatic rings. The summed E-state index contributed by atoms with van der Waals surface area (Å²) in [6, 6.07) is 4.44. The summed E-state index contributed by atoms with van der Waals surface area (Å²) in [5, 5.41) is 2.08. The third-order valence-corrected chi connectivity index (χ3v) is 2.92. The van der Waals surface area contributed by atoms with E-state index in [9.17, 15) is 0 Å². The van der Waals surface area contributed by atoms with Crippen molar-refractivity contribution in [3.8, 4) is 0 Å². The first-order valence-electron chi connectivity index (χ1n) is 4.63. The monoisotopic (exact) mass is 196 g/mol. The van der Waals surface area contributed by atoms with Crippen LogP contribution in [0.2, 0.25) is 0 Å². The fourth-order valence-corrected chi connectivity index (χ4v) is 1.98. The maximum Gasteiger partial charge on any atom is 0.0942 e. The SMILES string of the molecule is CCC(N)=NC(CC)c1cccs1. The molecule has 1 rings (SSSR count). The normalized spacial score (nSPS) is 14.5. The van der Waals surface area contributed by atoms with E-state index in [0.29, 0.717) is 0 Å². The molecule has 0 aliphatic carbocycles. The predicted molar refractivity (Wildman–Crippen MR) is 59.3 cm³/mol. The lowest BCUT2D eigenvalue weighted by molar-refractivity contribution is 0.710. The van der Waals surface area contributed by atoms with E-state index in [2.05, 4.69) is 29.4 Å². The van der Waals surface area contributed by atoms with Gasteiger partial charge in [-0.05, 0) is 17.9 Å². The lowest BCUT2D eigenvalue weighted by Gasteiger charge is -2.08. The molecular formula is C10H16N2S. The molecule has 0 bridgehead atoms. The Kier molecular flexibility index (Phi) is 3.96. The van der Waals surface area contributed by atoms with Crippen LogP contribution in [-0.4, -0.2) is 5.84 Å². The van der Waals surface area contributed by atoms with Crippen LogP contribution in [0, 0.1) is 0 Å². The van der Waals surface area contributed by atoms with Crippen LogP contribution in [0.25, 0.3) is 0 Å². The van der Waals surface area contributed by atoms with Crippen LogP contribution in [0.5, 0.6) is 0 Å². The Balaban J connectivity index is 2.75. The summed E-state index contributed by atoms with van der Waals surface area (Å²) in [6.07, 6.45) is 1.85. The van der Waals surface area contributed by atoms with Crippen molar-refractivity contribution in [3.05, 3.63) is 22.4 Å². The van der Waals surface area contributed by atoms with Crippen molar-refractivity contribution in [2.75, 3.05) is 0 Å². The number of aliphatic imine (C=N–C) groups is 1. The lowest BCUT2D eigenvalue weighted by Crippen LogP contribution is -2.11. The molecule has 1 unspecified atom stereocenters. The fourth-order valence-electron chi connectivity index (χ4n) is 1.13. The Morgan fingerprint density at radius 1 is 1.62 bits per heavy atom. The van der Waals surface area contributed by atoms with Crippen molar-refractivity contribution in [2.45, 2.75) is 32.7 Å². The molecule has 13 heavy (non-hydrogen) atoms. The molecule has 1 atom stereocenters. The van der Waals surface area contributed by atoms with E-state index in [-0.39, 0.29) is 6.04 Å². The van der Waals surface area contributed by atoms with Gasteiger partial charge < -0.3 is 5.73 Å². The molecule has 0 aromatic carbocycles. The molecule has 0 fully saturated rings. The Bertz CT molecular complexity index is 264. The topological polar surface area (TPSA) is 38.4 Å². The van der Waals surface area contributed by atoms with Gasteiger partial charge in [0.05, 0.1) is 11.9 Å². The van der Waals surface area contributed by atoms with Crippen LogP contribution >= 0.6 is 11.3 Å². The molecule has 1 heterocycles. The molecular weight excluding hydrogens is 180 g/mol. The second kappa shape index (κ2) is 5.02. The molecule has 0 radical (unpaired) electrons. The average Bonchev–Trinajstić information content (AvgIpc) is 2.66. The van der Waals surface area contributed by atoms with E-state index < -0.39 is 0 Å². The number of rotatable bonds is 4. The maximum absolute atomic E-state index is 5.71. The van der Waals surface area contributed by atoms with E-state index in [1.54, 1.807) is 11.3 Å². The van der Waals surface area contributed by atoms with Crippen LogP contribution in [0.4, 0.5) is 0 Å². The molecule has 72 valence electrons. The number of nitrogens with zero attached hydrogens (tertiary/aromatic N) is 1. The largest absolute Gasteiger partial charge is 0.387 e. The number of hydrogen-bond acceptors (Lipinski definition) is 2. The van der Waals surface area contributed by atoms with E-state index in [4.69, 9.17) is 5.73 Å². The van der Waals surface area contributed by atoms with Gasteiger partial charge in [0.25, 0.3) is 0 Å².